The zero-order chi connectivity index (χ0) is 9.68. The van der Waals surface area contributed by atoms with Gasteiger partial charge < -0.3 is 4.57 Å². The van der Waals surface area contributed by atoms with Crippen LogP contribution in [-0.2, 0) is 0 Å². The van der Waals surface area contributed by atoms with E-state index < -0.39 is 0 Å². The van der Waals surface area contributed by atoms with Gasteiger partial charge in [-0.2, -0.15) is 0 Å². The minimum Gasteiger partial charge on any atom is -0.328 e. The second-order valence-electron chi connectivity index (χ2n) is 2.91. The van der Waals surface area contributed by atoms with E-state index in [1.54, 1.807) is 0 Å². The molecule has 0 aliphatic rings. The van der Waals surface area contributed by atoms with Gasteiger partial charge in [-0.3, -0.25) is 0 Å². The maximum atomic E-state index is 2.76. The summed E-state index contributed by atoms with van der Waals surface area (Å²) >= 11 is 0. The molecule has 1 rings (SSSR count). The van der Waals surface area contributed by atoms with Crippen LogP contribution in [0.1, 0.15) is 13.8 Å². The van der Waals surface area contributed by atoms with Crippen LogP contribution in [0.25, 0.3) is 5.70 Å². The molecule has 0 amide bonds. The largest absolute Gasteiger partial charge is 0.328 e. The normalized spacial score (nSPS) is 13.5. The van der Waals surface area contributed by atoms with Crippen LogP contribution in [0, 0.1) is 0 Å². The van der Waals surface area contributed by atoms with Gasteiger partial charge in [-0.15, -0.1) is 9.24 Å². The maximum Gasteiger partial charge on any atom is 0.0224 e. The van der Waals surface area contributed by atoms with Crippen molar-refractivity contribution in [3.05, 3.63) is 42.3 Å². The zero-order valence-corrected chi connectivity index (χ0v) is 9.35. The summed E-state index contributed by atoms with van der Waals surface area (Å²) in [6.07, 6.45) is 9.36. The Morgan fingerprint density at radius 3 is 2.46 bits per heavy atom. The van der Waals surface area contributed by atoms with Crippen molar-refractivity contribution >= 4 is 14.9 Å². The van der Waals surface area contributed by atoms with E-state index in [0.29, 0.717) is 0 Å². The predicted octanol–water partition coefficient (Wildman–Crippen LogP) is 3.17. The van der Waals surface area contributed by atoms with E-state index >= 15 is 0 Å². The third kappa shape index (κ3) is 2.57. The summed E-state index contributed by atoms with van der Waals surface area (Å²) in [4.78, 5) is 0. The second kappa shape index (κ2) is 5.04. The smallest absolute Gasteiger partial charge is 0.0224 e. The minimum atomic E-state index is 0.994. The number of allylic oxidation sites excluding steroid dienone is 4. The molecule has 2 heteroatoms. The van der Waals surface area contributed by atoms with Crippen molar-refractivity contribution < 1.29 is 0 Å². The molecule has 1 atom stereocenters. The fourth-order valence-corrected chi connectivity index (χ4v) is 1.69. The van der Waals surface area contributed by atoms with Crippen molar-refractivity contribution in [3.8, 4) is 0 Å². The van der Waals surface area contributed by atoms with E-state index in [-0.39, 0.29) is 0 Å². The highest BCUT2D eigenvalue weighted by atomic mass is 31.0. The third-order valence-electron chi connectivity index (χ3n) is 2.04. The molecule has 13 heavy (non-hydrogen) atoms. The SMILES string of the molecule is C/C=C\C(CP)=C(/C)n1cccc1. The summed E-state index contributed by atoms with van der Waals surface area (Å²) in [6, 6.07) is 4.08. The molecular formula is C11H16NP. The highest BCUT2D eigenvalue weighted by Crippen LogP contribution is 2.14. The Balaban J connectivity index is 3.01. The summed E-state index contributed by atoms with van der Waals surface area (Å²) < 4.78 is 2.14. The number of rotatable bonds is 3. The molecule has 0 radical (unpaired) electrons. The standard InChI is InChI=1S/C11H16NP/c1-3-6-11(9-13)10(2)12-7-4-5-8-12/h3-8H,9,13H2,1-2H3/b6-3-,11-10-. The van der Waals surface area contributed by atoms with Gasteiger partial charge in [0, 0.05) is 18.1 Å². The van der Waals surface area contributed by atoms with Crippen molar-refractivity contribution in [2.24, 2.45) is 0 Å². The van der Waals surface area contributed by atoms with Crippen molar-refractivity contribution in [1.82, 2.24) is 4.57 Å². The average Bonchev–Trinajstić information content (AvgIpc) is 2.65. The Hall–Kier alpha value is -0.810. The number of nitrogens with zero attached hydrogens (tertiary/aromatic N) is 1. The Bertz CT molecular complexity index is 307. The lowest BCUT2D eigenvalue weighted by atomic mass is 10.2. The quantitative estimate of drug-likeness (QED) is 0.513. The summed E-state index contributed by atoms with van der Waals surface area (Å²) in [5.41, 5.74) is 2.64. The molecule has 1 unspecified atom stereocenters. The molecule has 0 fully saturated rings. The van der Waals surface area contributed by atoms with Gasteiger partial charge in [0.05, 0.1) is 0 Å². The fraction of sp³-hybridized carbons (Fsp3) is 0.273. The molecule has 0 bridgehead atoms. The van der Waals surface area contributed by atoms with E-state index in [4.69, 9.17) is 0 Å². The van der Waals surface area contributed by atoms with Gasteiger partial charge in [-0.1, -0.05) is 12.2 Å². The Morgan fingerprint density at radius 1 is 1.38 bits per heavy atom. The lowest BCUT2D eigenvalue weighted by Crippen LogP contribution is -1.94. The Labute approximate surface area is 82.4 Å². The van der Waals surface area contributed by atoms with Gasteiger partial charge in [-0.05, 0) is 37.7 Å². The number of hydrogen-bond acceptors (Lipinski definition) is 0. The van der Waals surface area contributed by atoms with Gasteiger partial charge in [0.25, 0.3) is 0 Å². The van der Waals surface area contributed by atoms with E-state index in [9.17, 15) is 0 Å². The molecule has 0 aromatic carbocycles. The molecule has 70 valence electrons. The van der Waals surface area contributed by atoms with Crippen molar-refractivity contribution in [2.45, 2.75) is 13.8 Å². The molecule has 1 nitrogen and oxygen atoms in total. The minimum absolute atomic E-state index is 0.994. The van der Waals surface area contributed by atoms with Crippen LogP contribution in [0.4, 0.5) is 0 Å². The van der Waals surface area contributed by atoms with E-state index in [1.165, 1.54) is 11.3 Å². The molecule has 1 aromatic heterocycles. The maximum absolute atomic E-state index is 2.76. The van der Waals surface area contributed by atoms with Gasteiger partial charge >= 0.3 is 0 Å². The van der Waals surface area contributed by atoms with E-state index in [0.717, 1.165) is 6.16 Å². The van der Waals surface area contributed by atoms with E-state index in [2.05, 4.69) is 45.3 Å². The van der Waals surface area contributed by atoms with Crippen LogP contribution in [0.3, 0.4) is 0 Å². The van der Waals surface area contributed by atoms with Crippen LogP contribution in [0.5, 0.6) is 0 Å². The Morgan fingerprint density at radius 2 is 2.00 bits per heavy atom. The zero-order valence-electron chi connectivity index (χ0n) is 8.20. The van der Waals surface area contributed by atoms with Crippen LogP contribution in [0.2, 0.25) is 0 Å². The summed E-state index contributed by atoms with van der Waals surface area (Å²) in [6.45, 7) is 4.18. The van der Waals surface area contributed by atoms with Crippen molar-refractivity contribution in [1.29, 1.82) is 0 Å². The van der Waals surface area contributed by atoms with Crippen LogP contribution in [0.15, 0.2) is 42.3 Å². The molecule has 1 heterocycles. The lowest BCUT2D eigenvalue weighted by molar-refractivity contribution is 1.08. The highest BCUT2D eigenvalue weighted by Gasteiger charge is 1.97. The Kier molecular flexibility index (Phi) is 3.98. The van der Waals surface area contributed by atoms with E-state index in [1.807, 2.05) is 19.1 Å². The number of aromatic nitrogens is 1. The highest BCUT2D eigenvalue weighted by molar-refractivity contribution is 7.16. The van der Waals surface area contributed by atoms with Crippen LogP contribution in [-0.4, -0.2) is 10.7 Å². The molecule has 0 spiro atoms. The van der Waals surface area contributed by atoms with Crippen molar-refractivity contribution in [2.75, 3.05) is 6.16 Å². The number of hydrogen-bond donors (Lipinski definition) is 0. The summed E-state index contributed by atoms with van der Waals surface area (Å²) in [5, 5.41) is 0. The summed E-state index contributed by atoms with van der Waals surface area (Å²) in [7, 11) is 2.76. The molecule has 0 N–H and O–H groups in total. The predicted molar refractivity (Wildman–Crippen MR) is 62.7 cm³/mol. The van der Waals surface area contributed by atoms with Crippen LogP contribution >= 0.6 is 9.24 Å². The molecular weight excluding hydrogens is 177 g/mol. The van der Waals surface area contributed by atoms with Gasteiger partial charge in [-0.25, -0.2) is 0 Å². The first kappa shape index (κ1) is 10.3. The third-order valence-corrected chi connectivity index (χ3v) is 2.48. The lowest BCUT2D eigenvalue weighted by Gasteiger charge is -2.07. The van der Waals surface area contributed by atoms with Gasteiger partial charge in [0.2, 0.25) is 0 Å². The van der Waals surface area contributed by atoms with Gasteiger partial charge in [0.1, 0.15) is 0 Å². The topological polar surface area (TPSA) is 4.93 Å². The first-order valence-electron chi connectivity index (χ1n) is 4.45. The first-order valence-corrected chi connectivity index (χ1v) is 5.27. The second-order valence-corrected chi connectivity index (χ2v) is 3.31. The first-order chi connectivity index (χ1) is 6.29. The molecule has 0 aliphatic heterocycles. The molecule has 0 aliphatic carbocycles. The fourth-order valence-electron chi connectivity index (χ4n) is 1.26. The van der Waals surface area contributed by atoms with Crippen LogP contribution < -0.4 is 0 Å². The summed E-state index contributed by atoms with van der Waals surface area (Å²) in [5.74, 6) is 0. The van der Waals surface area contributed by atoms with Crippen molar-refractivity contribution in [3.63, 3.8) is 0 Å². The molecule has 0 saturated carbocycles. The molecule has 0 saturated heterocycles. The van der Waals surface area contributed by atoms with Gasteiger partial charge in [0.15, 0.2) is 0 Å². The monoisotopic (exact) mass is 193 g/mol. The molecule has 1 aromatic rings. The average molecular weight is 193 g/mol.